The highest BCUT2D eigenvalue weighted by Gasteiger charge is 2.23. The van der Waals surface area contributed by atoms with Crippen LogP contribution in [0.2, 0.25) is 0 Å². The molecule has 7 nitrogen and oxygen atoms in total. The Morgan fingerprint density at radius 1 is 1.42 bits per heavy atom. The number of nitro benzene ring substituents is 1. The second kappa shape index (κ2) is 5.66. The number of nitrogens with one attached hydrogen (secondary N) is 1. The zero-order valence-electron chi connectivity index (χ0n) is 10.6. The number of carbonyl (C=O) groups excluding carboxylic acids is 1. The summed E-state index contributed by atoms with van der Waals surface area (Å²) < 4.78 is 0. The van der Waals surface area contributed by atoms with Crippen molar-refractivity contribution in [1.82, 2.24) is 5.48 Å². The van der Waals surface area contributed by atoms with E-state index in [0.717, 1.165) is 25.9 Å². The van der Waals surface area contributed by atoms with Crippen molar-refractivity contribution in [3.05, 3.63) is 33.9 Å². The molecule has 1 aromatic rings. The molecule has 1 N–H and O–H groups in total. The van der Waals surface area contributed by atoms with E-state index in [1.54, 1.807) is 12.1 Å². The van der Waals surface area contributed by atoms with Crippen molar-refractivity contribution in [3.8, 4) is 0 Å². The molecule has 1 saturated heterocycles. The lowest BCUT2D eigenvalue weighted by Crippen LogP contribution is -2.23. The van der Waals surface area contributed by atoms with Crippen molar-refractivity contribution in [2.24, 2.45) is 0 Å². The van der Waals surface area contributed by atoms with Gasteiger partial charge < -0.3 is 4.90 Å². The van der Waals surface area contributed by atoms with Gasteiger partial charge in [0.15, 0.2) is 0 Å². The van der Waals surface area contributed by atoms with Gasteiger partial charge in [0.05, 0.1) is 12.0 Å². The van der Waals surface area contributed by atoms with Crippen molar-refractivity contribution in [2.45, 2.75) is 12.8 Å². The lowest BCUT2D eigenvalue weighted by Gasteiger charge is -2.17. The second-order valence-electron chi connectivity index (χ2n) is 4.29. The minimum Gasteiger partial charge on any atom is -0.366 e. The number of rotatable bonds is 4. The summed E-state index contributed by atoms with van der Waals surface area (Å²) >= 11 is 0. The van der Waals surface area contributed by atoms with E-state index in [1.165, 1.54) is 13.2 Å². The number of hydrogen-bond acceptors (Lipinski definition) is 5. The number of benzene rings is 1. The standard InChI is InChI=1S/C12H15N3O4/c1-19-13-12(16)9-4-5-10(11(8-9)15(17)18)14-6-2-3-7-14/h4-5,8H,2-3,6-7H2,1H3,(H,13,16). The molecule has 102 valence electrons. The summed E-state index contributed by atoms with van der Waals surface area (Å²) in [6.45, 7) is 1.62. The predicted octanol–water partition coefficient (Wildman–Crippen LogP) is 1.49. The Balaban J connectivity index is 2.35. The van der Waals surface area contributed by atoms with Gasteiger partial charge in [0, 0.05) is 24.7 Å². The molecule has 1 heterocycles. The van der Waals surface area contributed by atoms with Crippen LogP contribution in [-0.4, -0.2) is 31.0 Å². The fraction of sp³-hybridized carbons (Fsp3) is 0.417. The summed E-state index contributed by atoms with van der Waals surface area (Å²) in [6, 6.07) is 4.46. The zero-order valence-corrected chi connectivity index (χ0v) is 10.6. The van der Waals surface area contributed by atoms with Gasteiger partial charge in [0.1, 0.15) is 5.69 Å². The third-order valence-corrected chi connectivity index (χ3v) is 3.08. The van der Waals surface area contributed by atoms with Crippen LogP contribution in [0.4, 0.5) is 11.4 Å². The Hall–Kier alpha value is -2.15. The van der Waals surface area contributed by atoms with Crippen LogP contribution in [0, 0.1) is 10.1 Å². The average molecular weight is 265 g/mol. The van der Waals surface area contributed by atoms with Gasteiger partial charge in [0.2, 0.25) is 0 Å². The van der Waals surface area contributed by atoms with E-state index < -0.39 is 10.8 Å². The van der Waals surface area contributed by atoms with Crippen molar-refractivity contribution >= 4 is 17.3 Å². The minimum absolute atomic E-state index is 0.0503. The third kappa shape index (κ3) is 2.82. The smallest absolute Gasteiger partial charge is 0.293 e. The molecule has 0 atom stereocenters. The SMILES string of the molecule is CONC(=O)c1ccc(N2CCCC2)c([N+](=O)[O-])c1. The summed E-state index contributed by atoms with van der Waals surface area (Å²) in [7, 11) is 1.31. The molecule has 1 amide bonds. The van der Waals surface area contributed by atoms with E-state index in [1.807, 2.05) is 4.90 Å². The fourth-order valence-electron chi connectivity index (χ4n) is 2.19. The van der Waals surface area contributed by atoms with E-state index in [0.29, 0.717) is 5.69 Å². The molecule has 0 saturated carbocycles. The van der Waals surface area contributed by atoms with Gasteiger partial charge in [-0.25, -0.2) is 5.48 Å². The Bertz CT molecular complexity index is 498. The lowest BCUT2D eigenvalue weighted by atomic mass is 10.1. The monoisotopic (exact) mass is 265 g/mol. The number of hydroxylamine groups is 1. The van der Waals surface area contributed by atoms with E-state index >= 15 is 0 Å². The Morgan fingerprint density at radius 3 is 2.68 bits per heavy atom. The van der Waals surface area contributed by atoms with E-state index in [9.17, 15) is 14.9 Å². The summed E-state index contributed by atoms with van der Waals surface area (Å²) in [6.07, 6.45) is 2.06. The molecule has 0 unspecified atom stereocenters. The average Bonchev–Trinajstić information content (AvgIpc) is 2.92. The minimum atomic E-state index is -0.501. The Morgan fingerprint density at radius 2 is 2.11 bits per heavy atom. The predicted molar refractivity (Wildman–Crippen MR) is 69.0 cm³/mol. The maximum atomic E-state index is 11.6. The van der Waals surface area contributed by atoms with E-state index in [-0.39, 0.29) is 11.3 Å². The molecule has 0 spiro atoms. The zero-order chi connectivity index (χ0) is 13.8. The van der Waals surface area contributed by atoms with Crippen LogP contribution in [0.3, 0.4) is 0 Å². The molecule has 1 aromatic carbocycles. The highest BCUT2D eigenvalue weighted by atomic mass is 16.6. The number of nitrogens with zero attached hydrogens (tertiary/aromatic N) is 2. The van der Waals surface area contributed by atoms with Crippen LogP contribution in [-0.2, 0) is 4.84 Å². The number of hydrogen-bond donors (Lipinski definition) is 1. The first-order valence-electron chi connectivity index (χ1n) is 6.00. The molecule has 0 aliphatic carbocycles. The van der Waals surface area contributed by atoms with Gasteiger partial charge in [-0.1, -0.05) is 0 Å². The van der Waals surface area contributed by atoms with Crippen molar-refractivity contribution in [3.63, 3.8) is 0 Å². The Labute approximate surface area is 110 Å². The molecule has 1 aliphatic rings. The summed E-state index contributed by atoms with van der Waals surface area (Å²) in [5.74, 6) is -0.501. The third-order valence-electron chi connectivity index (χ3n) is 3.08. The van der Waals surface area contributed by atoms with E-state index in [2.05, 4.69) is 10.3 Å². The normalized spacial score (nSPS) is 14.5. The highest BCUT2D eigenvalue weighted by Crippen LogP contribution is 2.31. The van der Waals surface area contributed by atoms with Gasteiger partial charge in [0.25, 0.3) is 11.6 Å². The van der Waals surface area contributed by atoms with Crippen molar-refractivity contribution in [2.75, 3.05) is 25.1 Å². The van der Waals surface area contributed by atoms with Gasteiger partial charge in [-0.2, -0.15) is 0 Å². The van der Waals surface area contributed by atoms with Crippen LogP contribution >= 0.6 is 0 Å². The van der Waals surface area contributed by atoms with Crippen molar-refractivity contribution < 1.29 is 14.6 Å². The maximum absolute atomic E-state index is 11.6. The molecule has 1 fully saturated rings. The quantitative estimate of drug-likeness (QED) is 0.658. The number of anilines is 1. The van der Waals surface area contributed by atoms with Crippen LogP contribution in [0.5, 0.6) is 0 Å². The summed E-state index contributed by atoms with van der Waals surface area (Å²) in [4.78, 5) is 28.7. The molecule has 1 aliphatic heterocycles. The summed E-state index contributed by atoms with van der Waals surface area (Å²) in [5.41, 5.74) is 2.86. The first kappa shape index (κ1) is 13.3. The maximum Gasteiger partial charge on any atom is 0.293 e. The van der Waals surface area contributed by atoms with Crippen LogP contribution in [0.15, 0.2) is 18.2 Å². The summed E-state index contributed by atoms with van der Waals surface area (Å²) in [5, 5.41) is 11.1. The van der Waals surface area contributed by atoms with Crippen molar-refractivity contribution in [1.29, 1.82) is 0 Å². The number of carbonyl (C=O) groups is 1. The molecular weight excluding hydrogens is 250 g/mol. The molecule has 19 heavy (non-hydrogen) atoms. The van der Waals surface area contributed by atoms with Gasteiger partial charge in [-0.15, -0.1) is 0 Å². The topological polar surface area (TPSA) is 84.7 Å². The fourth-order valence-corrected chi connectivity index (χ4v) is 2.19. The first-order chi connectivity index (χ1) is 9.13. The second-order valence-corrected chi connectivity index (χ2v) is 4.29. The largest absolute Gasteiger partial charge is 0.366 e. The van der Waals surface area contributed by atoms with Crippen LogP contribution in [0.1, 0.15) is 23.2 Å². The Kier molecular flexibility index (Phi) is 3.96. The first-order valence-corrected chi connectivity index (χ1v) is 6.00. The molecule has 0 aromatic heterocycles. The molecule has 2 rings (SSSR count). The lowest BCUT2D eigenvalue weighted by molar-refractivity contribution is -0.384. The number of amides is 1. The molecule has 0 bridgehead atoms. The van der Waals surface area contributed by atoms with Gasteiger partial charge in [-0.05, 0) is 25.0 Å². The van der Waals surface area contributed by atoms with Gasteiger partial charge >= 0.3 is 0 Å². The van der Waals surface area contributed by atoms with Crippen LogP contribution in [0.25, 0.3) is 0 Å². The number of nitro groups is 1. The highest BCUT2D eigenvalue weighted by molar-refractivity contribution is 5.95. The van der Waals surface area contributed by atoms with E-state index in [4.69, 9.17) is 0 Å². The van der Waals surface area contributed by atoms with Crippen LogP contribution < -0.4 is 10.4 Å². The van der Waals surface area contributed by atoms with Gasteiger partial charge in [-0.3, -0.25) is 19.7 Å². The molecule has 7 heteroatoms. The molecular formula is C12H15N3O4. The molecule has 0 radical (unpaired) electrons.